The Morgan fingerprint density at radius 2 is 1.61 bits per heavy atom. The molecule has 0 radical (unpaired) electrons. The van der Waals surface area contributed by atoms with Crippen LogP contribution in [0, 0.1) is 5.82 Å². The van der Waals surface area contributed by atoms with Crippen LogP contribution in [0.2, 0.25) is 0 Å². The summed E-state index contributed by atoms with van der Waals surface area (Å²) >= 11 is 0. The maximum Gasteiger partial charge on any atom is 0.157 e. The third kappa shape index (κ3) is 3.83. The summed E-state index contributed by atoms with van der Waals surface area (Å²) in [5, 5.41) is 5.52. The smallest absolute Gasteiger partial charge is 0.157 e. The van der Waals surface area contributed by atoms with Gasteiger partial charge in [0.2, 0.25) is 0 Å². The van der Waals surface area contributed by atoms with Gasteiger partial charge in [-0.2, -0.15) is 5.10 Å². The van der Waals surface area contributed by atoms with E-state index in [1.807, 2.05) is 84.5 Å². The number of aryl methyl sites for hydroxylation is 1. The molecule has 1 unspecified atom stereocenters. The van der Waals surface area contributed by atoms with Crippen molar-refractivity contribution in [3.8, 4) is 33.8 Å². The Bertz CT molecular complexity index is 1730. The second-order valence-corrected chi connectivity index (χ2v) is 9.75. The molecule has 3 heterocycles. The van der Waals surface area contributed by atoms with Gasteiger partial charge >= 0.3 is 0 Å². The summed E-state index contributed by atoms with van der Waals surface area (Å²) in [5.41, 5.74) is 5.37. The van der Waals surface area contributed by atoms with Crippen LogP contribution in [0.4, 0.5) is 4.39 Å². The number of fused-ring (bicyclic) bond motifs is 1. The first-order valence-corrected chi connectivity index (χ1v) is 12.5. The number of halogens is 1. The molecule has 176 valence electrons. The van der Waals surface area contributed by atoms with Crippen LogP contribution >= 0.6 is 0 Å². The summed E-state index contributed by atoms with van der Waals surface area (Å²) in [5.74, 6) is -0.361. The third-order valence-corrected chi connectivity index (χ3v) is 7.55. The van der Waals surface area contributed by atoms with Crippen molar-refractivity contribution in [3.63, 3.8) is 0 Å². The van der Waals surface area contributed by atoms with E-state index in [0.717, 1.165) is 33.4 Å². The Balaban J connectivity index is 1.53. The van der Waals surface area contributed by atoms with Crippen LogP contribution in [0.1, 0.15) is 0 Å². The van der Waals surface area contributed by atoms with Gasteiger partial charge in [0.1, 0.15) is 5.82 Å². The SMILES string of the molecule is Cn1nc(-c2cccnc2)cc1-c1ccc2c(c1)cc(-c1ccccc1F)n2S(=O)c1ccccc1. The number of benzene rings is 3. The largest absolute Gasteiger partial charge is 0.267 e. The normalized spacial score (nSPS) is 12.2. The number of hydrogen-bond acceptors (Lipinski definition) is 3. The van der Waals surface area contributed by atoms with Gasteiger partial charge in [0.05, 0.1) is 27.5 Å². The number of hydrogen-bond donors (Lipinski definition) is 0. The number of aromatic nitrogens is 4. The third-order valence-electron chi connectivity index (χ3n) is 6.15. The van der Waals surface area contributed by atoms with Gasteiger partial charge in [-0.25, -0.2) is 8.60 Å². The molecule has 6 rings (SSSR count). The minimum absolute atomic E-state index is 0.361. The Labute approximate surface area is 210 Å². The monoisotopic (exact) mass is 492 g/mol. The van der Waals surface area contributed by atoms with E-state index in [1.54, 1.807) is 34.6 Å². The fourth-order valence-electron chi connectivity index (χ4n) is 4.42. The average Bonchev–Trinajstić information content (AvgIpc) is 3.49. The molecular formula is C29H21FN4OS. The van der Waals surface area contributed by atoms with E-state index in [2.05, 4.69) is 10.1 Å². The molecule has 3 aromatic carbocycles. The standard InChI is InChI=1S/C29H21FN4OS/c1-33-28(18-26(32-33)21-8-7-15-31-19-21)20-13-14-27-22(16-20)17-29(24-11-5-6-12-25(24)30)34(27)36(35)23-9-3-2-4-10-23/h2-19H,1H3. The van der Waals surface area contributed by atoms with Gasteiger partial charge in [0, 0.05) is 41.5 Å². The van der Waals surface area contributed by atoms with E-state index in [-0.39, 0.29) is 5.82 Å². The van der Waals surface area contributed by atoms with Crippen molar-refractivity contribution >= 4 is 21.9 Å². The number of rotatable bonds is 5. The zero-order valence-electron chi connectivity index (χ0n) is 19.4. The highest BCUT2D eigenvalue weighted by atomic mass is 32.2. The topological polar surface area (TPSA) is 52.7 Å². The van der Waals surface area contributed by atoms with Crippen molar-refractivity contribution in [2.24, 2.45) is 7.05 Å². The average molecular weight is 493 g/mol. The van der Waals surface area contributed by atoms with Gasteiger partial charge < -0.3 is 0 Å². The van der Waals surface area contributed by atoms with Gasteiger partial charge in [-0.1, -0.05) is 36.4 Å². The Hall–Kier alpha value is -4.36. The summed E-state index contributed by atoms with van der Waals surface area (Å²) in [6.45, 7) is 0. The highest BCUT2D eigenvalue weighted by Crippen LogP contribution is 2.35. The molecule has 0 aliphatic carbocycles. The maximum atomic E-state index is 14.9. The van der Waals surface area contributed by atoms with Crippen molar-refractivity contribution in [1.82, 2.24) is 18.7 Å². The molecule has 0 amide bonds. The summed E-state index contributed by atoms with van der Waals surface area (Å²) in [6, 6.07) is 29.5. The predicted molar refractivity (Wildman–Crippen MR) is 141 cm³/mol. The van der Waals surface area contributed by atoms with Crippen LogP contribution in [0.25, 0.3) is 44.7 Å². The highest BCUT2D eigenvalue weighted by Gasteiger charge is 2.20. The lowest BCUT2D eigenvalue weighted by atomic mass is 10.1. The molecule has 0 aliphatic heterocycles. The zero-order valence-corrected chi connectivity index (χ0v) is 20.2. The van der Waals surface area contributed by atoms with Crippen molar-refractivity contribution in [1.29, 1.82) is 0 Å². The molecule has 1 atom stereocenters. The van der Waals surface area contributed by atoms with Gasteiger partial charge in [-0.15, -0.1) is 0 Å². The van der Waals surface area contributed by atoms with Crippen LogP contribution in [0.3, 0.4) is 0 Å². The molecule has 5 nitrogen and oxygen atoms in total. The lowest BCUT2D eigenvalue weighted by Crippen LogP contribution is -2.07. The lowest BCUT2D eigenvalue weighted by Gasteiger charge is -2.11. The van der Waals surface area contributed by atoms with E-state index in [0.29, 0.717) is 16.2 Å². The fraction of sp³-hybridized carbons (Fsp3) is 0.0345. The van der Waals surface area contributed by atoms with Crippen molar-refractivity contribution < 1.29 is 8.60 Å². The molecule has 3 aromatic heterocycles. The minimum atomic E-state index is -1.56. The molecule has 0 N–H and O–H groups in total. The van der Waals surface area contributed by atoms with Gasteiger partial charge in [-0.3, -0.25) is 13.6 Å². The summed E-state index contributed by atoms with van der Waals surface area (Å²) in [7, 11) is 0.341. The van der Waals surface area contributed by atoms with E-state index < -0.39 is 11.0 Å². The molecule has 6 aromatic rings. The van der Waals surface area contributed by atoms with Crippen LogP contribution < -0.4 is 0 Å². The van der Waals surface area contributed by atoms with Crippen LogP contribution in [0.15, 0.2) is 114 Å². The molecule has 0 bridgehead atoms. The number of nitrogens with zero attached hydrogens (tertiary/aromatic N) is 4. The van der Waals surface area contributed by atoms with Crippen molar-refractivity contribution in [2.75, 3.05) is 0 Å². The van der Waals surface area contributed by atoms with Gasteiger partial charge in [0.25, 0.3) is 0 Å². The minimum Gasteiger partial charge on any atom is -0.267 e. The van der Waals surface area contributed by atoms with Crippen LogP contribution in [-0.2, 0) is 18.0 Å². The summed E-state index contributed by atoms with van der Waals surface area (Å²) < 4.78 is 32.1. The molecule has 0 saturated carbocycles. The Morgan fingerprint density at radius 3 is 2.39 bits per heavy atom. The molecule has 0 spiro atoms. The van der Waals surface area contributed by atoms with Crippen LogP contribution in [-0.4, -0.2) is 22.9 Å². The summed E-state index contributed by atoms with van der Waals surface area (Å²) in [4.78, 5) is 4.83. The predicted octanol–water partition coefficient (Wildman–Crippen LogP) is 6.48. The van der Waals surface area contributed by atoms with Crippen molar-refractivity contribution in [3.05, 3.63) is 115 Å². The Kier molecular flexibility index (Phi) is 5.54. The highest BCUT2D eigenvalue weighted by molar-refractivity contribution is 7.83. The van der Waals surface area contributed by atoms with Gasteiger partial charge in [-0.05, 0) is 60.7 Å². The van der Waals surface area contributed by atoms with E-state index in [1.165, 1.54) is 6.07 Å². The molecule has 36 heavy (non-hydrogen) atoms. The number of pyridine rings is 1. The lowest BCUT2D eigenvalue weighted by molar-refractivity contribution is 0.630. The van der Waals surface area contributed by atoms with E-state index >= 15 is 0 Å². The zero-order chi connectivity index (χ0) is 24.6. The maximum absolute atomic E-state index is 14.9. The molecular weight excluding hydrogens is 471 g/mol. The molecule has 7 heteroatoms. The first-order chi connectivity index (χ1) is 17.6. The second-order valence-electron chi connectivity index (χ2n) is 8.42. The van der Waals surface area contributed by atoms with E-state index in [9.17, 15) is 8.60 Å². The molecule has 0 aliphatic rings. The Morgan fingerprint density at radius 1 is 0.806 bits per heavy atom. The first-order valence-electron chi connectivity index (χ1n) is 11.4. The molecule has 0 saturated heterocycles. The van der Waals surface area contributed by atoms with Crippen LogP contribution in [0.5, 0.6) is 0 Å². The first kappa shape index (κ1) is 22.1. The quantitative estimate of drug-likeness (QED) is 0.277. The van der Waals surface area contributed by atoms with E-state index in [4.69, 9.17) is 0 Å². The fourth-order valence-corrected chi connectivity index (χ4v) is 5.70. The van der Waals surface area contributed by atoms with Crippen molar-refractivity contribution in [2.45, 2.75) is 4.90 Å². The second kappa shape index (κ2) is 9.02. The summed E-state index contributed by atoms with van der Waals surface area (Å²) in [6.07, 6.45) is 3.52. The molecule has 0 fully saturated rings. The van der Waals surface area contributed by atoms with Gasteiger partial charge in [0.15, 0.2) is 11.0 Å².